The maximum Gasteiger partial charge on any atom is 0.323 e. The number of carboxylic acids is 1. The molecule has 118 valence electrons. The average Bonchev–Trinajstić information content (AvgIpc) is 2.38. The van der Waals surface area contributed by atoms with Gasteiger partial charge in [-0.15, -0.1) is 0 Å². The van der Waals surface area contributed by atoms with Gasteiger partial charge < -0.3 is 40.5 Å². The van der Waals surface area contributed by atoms with Crippen LogP contribution < -0.4 is 5.32 Å². The van der Waals surface area contributed by atoms with Crippen LogP contribution in [0.1, 0.15) is 6.92 Å². The third-order valence-electron chi connectivity index (χ3n) is 3.10. The van der Waals surface area contributed by atoms with Crippen LogP contribution in [-0.4, -0.2) is 90.8 Å². The van der Waals surface area contributed by atoms with E-state index >= 15 is 0 Å². The molecule has 0 spiro atoms. The molecule has 0 radical (unpaired) electrons. The third kappa shape index (κ3) is 3.24. The molecule has 0 saturated carbocycles. The second kappa shape index (κ2) is 6.28. The van der Waals surface area contributed by atoms with Crippen LogP contribution in [0.5, 0.6) is 0 Å². The molecule has 0 aromatic rings. The first-order valence-electron chi connectivity index (χ1n) is 5.86. The highest BCUT2D eigenvalue weighted by Gasteiger charge is 2.53. The Morgan fingerprint density at radius 1 is 1.35 bits per heavy atom. The van der Waals surface area contributed by atoms with Crippen LogP contribution in [0.4, 0.5) is 0 Å². The number of aliphatic hydroxyl groups excluding tert-OH is 5. The second-order valence-corrected chi connectivity index (χ2v) is 4.69. The van der Waals surface area contributed by atoms with Gasteiger partial charge in [0.05, 0.1) is 12.7 Å². The number of hydrogen-bond acceptors (Lipinski definition) is 9. The van der Waals surface area contributed by atoms with E-state index in [-0.39, 0.29) is 0 Å². The Bertz CT molecular complexity index is 352. The molecule has 8 N–H and O–H groups in total. The normalized spacial score (nSPS) is 41.1. The van der Waals surface area contributed by atoms with Crippen molar-refractivity contribution in [2.45, 2.75) is 49.4 Å². The fraction of sp³-hybridized carbons (Fsp3) is 0.900. The van der Waals surface area contributed by atoms with Gasteiger partial charge in [0.25, 0.3) is 0 Å². The van der Waals surface area contributed by atoms with E-state index in [0.29, 0.717) is 0 Å². The monoisotopic (exact) mass is 297 g/mol. The molecular weight excluding hydrogens is 278 g/mol. The summed E-state index contributed by atoms with van der Waals surface area (Å²) in [6, 6.07) is -1.56. The molecule has 1 aliphatic rings. The highest BCUT2D eigenvalue weighted by Crippen LogP contribution is 2.27. The van der Waals surface area contributed by atoms with E-state index in [4.69, 9.17) is 14.9 Å². The van der Waals surface area contributed by atoms with Crippen LogP contribution in [0.3, 0.4) is 0 Å². The van der Waals surface area contributed by atoms with Crippen molar-refractivity contribution in [1.29, 1.82) is 0 Å². The number of aliphatic carboxylic acids is 1. The van der Waals surface area contributed by atoms with Crippen molar-refractivity contribution >= 4 is 5.97 Å². The van der Waals surface area contributed by atoms with Gasteiger partial charge in [-0.3, -0.25) is 10.1 Å². The lowest BCUT2D eigenvalue weighted by Gasteiger charge is -2.45. The minimum atomic E-state index is -2.57. The first kappa shape index (κ1) is 17.2. The Morgan fingerprint density at radius 3 is 2.30 bits per heavy atom. The second-order valence-electron chi connectivity index (χ2n) is 4.69. The van der Waals surface area contributed by atoms with Crippen LogP contribution >= 0.6 is 0 Å². The lowest BCUT2D eigenvalue weighted by molar-refractivity contribution is -0.360. The minimum Gasteiger partial charge on any atom is -0.480 e. The summed E-state index contributed by atoms with van der Waals surface area (Å²) in [6.45, 7) is 0.0764. The fourth-order valence-corrected chi connectivity index (χ4v) is 1.85. The minimum absolute atomic E-state index is 1.09. The zero-order chi connectivity index (χ0) is 15.7. The van der Waals surface area contributed by atoms with Crippen molar-refractivity contribution in [2.24, 2.45) is 0 Å². The predicted molar refractivity (Wildman–Crippen MR) is 61.2 cm³/mol. The molecule has 7 atom stereocenters. The Balaban J connectivity index is 2.91. The quantitative estimate of drug-likeness (QED) is 0.246. The molecule has 0 aromatic heterocycles. The first-order chi connectivity index (χ1) is 9.14. The summed E-state index contributed by atoms with van der Waals surface area (Å²) in [5.41, 5.74) is 0. The van der Waals surface area contributed by atoms with Gasteiger partial charge in [0.1, 0.15) is 30.6 Å². The molecule has 1 fully saturated rings. The van der Waals surface area contributed by atoms with Crippen molar-refractivity contribution in [3.05, 3.63) is 0 Å². The standard InChI is InChI=1S/C10H19NO9/c1-3(13)4(9(17)18)11-8-6(15)5(14)7(16)10(19,2-12)20-8/h3-8,11-16,19H,2H2,1H3,(H,17,18)/t3?,4?,5-,6+,7+,8?,10+/m1/s1. The number of carboxylic acid groups (broad SMARTS) is 1. The topological polar surface area (TPSA) is 180 Å². The Hall–Kier alpha value is -0.850. The third-order valence-corrected chi connectivity index (χ3v) is 3.10. The van der Waals surface area contributed by atoms with E-state index < -0.39 is 55.0 Å². The number of ether oxygens (including phenoxy) is 1. The van der Waals surface area contributed by atoms with Gasteiger partial charge in [0.15, 0.2) is 0 Å². The molecule has 1 rings (SSSR count). The van der Waals surface area contributed by atoms with E-state index in [0.717, 1.165) is 0 Å². The fourth-order valence-electron chi connectivity index (χ4n) is 1.85. The summed E-state index contributed by atoms with van der Waals surface area (Å²) in [7, 11) is 0. The summed E-state index contributed by atoms with van der Waals surface area (Å²) in [6.07, 6.45) is -8.65. The Labute approximate surface area is 113 Å². The summed E-state index contributed by atoms with van der Waals surface area (Å²) in [5, 5.41) is 67.8. The lowest BCUT2D eigenvalue weighted by Crippen LogP contribution is -2.70. The number of hydrogen-bond donors (Lipinski definition) is 8. The largest absolute Gasteiger partial charge is 0.480 e. The Morgan fingerprint density at radius 2 is 1.90 bits per heavy atom. The van der Waals surface area contributed by atoms with Gasteiger partial charge >= 0.3 is 5.97 Å². The first-order valence-corrected chi connectivity index (χ1v) is 5.86. The number of aliphatic hydroxyl groups is 6. The molecular formula is C10H19NO9. The van der Waals surface area contributed by atoms with Gasteiger partial charge in [-0.2, -0.15) is 0 Å². The molecule has 0 bridgehead atoms. The van der Waals surface area contributed by atoms with Crippen LogP contribution in [0.25, 0.3) is 0 Å². The molecule has 10 nitrogen and oxygen atoms in total. The molecule has 3 unspecified atom stereocenters. The predicted octanol–water partition coefficient (Wildman–Crippen LogP) is -4.47. The van der Waals surface area contributed by atoms with Crippen molar-refractivity contribution in [3.63, 3.8) is 0 Å². The van der Waals surface area contributed by atoms with Crippen LogP contribution in [-0.2, 0) is 9.53 Å². The van der Waals surface area contributed by atoms with E-state index in [9.17, 15) is 30.3 Å². The van der Waals surface area contributed by atoms with Crippen LogP contribution in [0.15, 0.2) is 0 Å². The molecule has 1 heterocycles. The molecule has 1 saturated heterocycles. The summed E-state index contributed by atoms with van der Waals surface area (Å²) in [5.74, 6) is -4.03. The maximum absolute atomic E-state index is 10.9. The van der Waals surface area contributed by atoms with Crippen molar-refractivity contribution in [1.82, 2.24) is 5.32 Å². The van der Waals surface area contributed by atoms with Crippen LogP contribution in [0, 0.1) is 0 Å². The average molecular weight is 297 g/mol. The van der Waals surface area contributed by atoms with Gasteiger partial charge in [-0.1, -0.05) is 0 Å². The highest BCUT2D eigenvalue weighted by molar-refractivity contribution is 5.74. The summed E-state index contributed by atoms with van der Waals surface area (Å²) in [4.78, 5) is 10.9. The SMILES string of the molecule is CC(O)C(NC1O[C@@](O)(CO)[C@@H](O)[C@H](O)[C@@H]1O)C(=O)O. The van der Waals surface area contributed by atoms with E-state index in [1.165, 1.54) is 6.92 Å². The number of rotatable bonds is 5. The maximum atomic E-state index is 10.9. The zero-order valence-corrected chi connectivity index (χ0v) is 10.6. The number of carbonyl (C=O) groups is 1. The van der Waals surface area contributed by atoms with E-state index in [1.807, 2.05) is 0 Å². The zero-order valence-electron chi connectivity index (χ0n) is 10.6. The van der Waals surface area contributed by atoms with Crippen molar-refractivity contribution < 1.29 is 45.3 Å². The van der Waals surface area contributed by atoms with E-state index in [2.05, 4.69) is 5.32 Å². The molecule has 20 heavy (non-hydrogen) atoms. The van der Waals surface area contributed by atoms with Crippen molar-refractivity contribution in [2.75, 3.05) is 6.61 Å². The molecule has 0 aromatic carbocycles. The smallest absolute Gasteiger partial charge is 0.323 e. The van der Waals surface area contributed by atoms with Gasteiger partial charge in [-0.05, 0) is 6.92 Å². The van der Waals surface area contributed by atoms with E-state index in [1.54, 1.807) is 0 Å². The summed E-state index contributed by atoms with van der Waals surface area (Å²) < 4.78 is 4.81. The van der Waals surface area contributed by atoms with Crippen molar-refractivity contribution in [3.8, 4) is 0 Å². The molecule has 0 aliphatic carbocycles. The lowest BCUT2D eigenvalue weighted by atomic mass is 9.95. The van der Waals surface area contributed by atoms with Crippen LogP contribution in [0.2, 0.25) is 0 Å². The molecule has 1 aliphatic heterocycles. The number of nitrogens with one attached hydrogen (secondary N) is 1. The highest BCUT2D eigenvalue weighted by atomic mass is 16.7. The molecule has 0 amide bonds. The van der Waals surface area contributed by atoms with Gasteiger partial charge in [0, 0.05) is 0 Å². The van der Waals surface area contributed by atoms with Gasteiger partial charge in [-0.25, -0.2) is 0 Å². The summed E-state index contributed by atoms with van der Waals surface area (Å²) >= 11 is 0. The molecule has 10 heteroatoms. The Kier molecular flexibility index (Phi) is 5.40. The van der Waals surface area contributed by atoms with Gasteiger partial charge in [0.2, 0.25) is 5.79 Å².